The van der Waals surface area contributed by atoms with Crippen LogP contribution >= 0.6 is 0 Å². The Hall–Kier alpha value is -2.40. The van der Waals surface area contributed by atoms with Gasteiger partial charge in [-0.2, -0.15) is 0 Å². The zero-order valence-corrected chi connectivity index (χ0v) is 6.88. The molecule has 0 aliphatic rings. The van der Waals surface area contributed by atoms with E-state index in [1.165, 1.54) is 18.2 Å². The Bertz CT molecular complexity index is 436. The summed E-state index contributed by atoms with van der Waals surface area (Å²) in [5, 5.41) is 13.3. The van der Waals surface area contributed by atoms with Crippen LogP contribution in [0.5, 0.6) is 0 Å². The molecule has 0 atom stereocenters. The van der Waals surface area contributed by atoms with Gasteiger partial charge in [0, 0.05) is 12.1 Å². The van der Waals surface area contributed by atoms with E-state index in [-0.39, 0.29) is 11.3 Å². The Kier molecular flexibility index (Phi) is 2.78. The highest BCUT2D eigenvalue weighted by Gasteiger charge is 2.13. The Balaban J connectivity index is 3.11. The number of hydrogen-bond acceptors (Lipinski definition) is 4. The molecule has 7 heteroatoms. The molecule has 7 nitrogen and oxygen atoms in total. The molecule has 0 spiro atoms. The summed E-state index contributed by atoms with van der Waals surface area (Å²) in [5.74, 6) is -0.774. The highest BCUT2D eigenvalue weighted by atomic mass is 16.6. The third kappa shape index (κ3) is 2.05. The molecule has 0 heterocycles. The quantitative estimate of drug-likeness (QED) is 0.330. The highest BCUT2D eigenvalue weighted by molar-refractivity contribution is 5.94. The Morgan fingerprint density at radius 2 is 2.29 bits per heavy atom. The number of nitro benzene ring substituents is 1. The van der Waals surface area contributed by atoms with Crippen molar-refractivity contribution in [2.45, 2.75) is 0 Å². The van der Waals surface area contributed by atoms with E-state index in [2.05, 4.69) is 10.0 Å². The molecule has 1 N–H and O–H groups in total. The Labute approximate surface area is 77.7 Å². The van der Waals surface area contributed by atoms with Crippen LogP contribution in [0.1, 0.15) is 10.4 Å². The molecule has 1 amide bonds. The van der Waals surface area contributed by atoms with Crippen molar-refractivity contribution in [1.82, 2.24) is 4.91 Å². The van der Waals surface area contributed by atoms with Crippen molar-refractivity contribution in [2.24, 2.45) is 5.11 Å². The van der Waals surface area contributed by atoms with Gasteiger partial charge in [-0.1, -0.05) is 6.07 Å². The molecule has 1 aromatic carbocycles. The van der Waals surface area contributed by atoms with Crippen molar-refractivity contribution >= 4 is 11.6 Å². The number of rotatable bonds is 2. The maximum Gasteiger partial charge on any atom is 0.360 e. The van der Waals surface area contributed by atoms with Gasteiger partial charge in [-0.05, 0) is 6.07 Å². The molecule has 0 fully saturated rings. The number of hydrogen-bond donors (Lipinski definition) is 1. The fourth-order valence-electron chi connectivity index (χ4n) is 0.856. The van der Waals surface area contributed by atoms with Crippen LogP contribution in [0.3, 0.4) is 0 Å². The number of carbonyl (C=O) groups is 1. The SMILES string of the molecule is N=[N+]=NC(=O)c1cccc([N+](=O)[O-])c1. The number of carbonyl (C=O) groups excluding carboxylic acids is 1. The lowest BCUT2D eigenvalue weighted by molar-refractivity contribution is -0.384. The van der Waals surface area contributed by atoms with Crippen LogP contribution < -0.4 is 4.91 Å². The first-order chi connectivity index (χ1) is 6.65. The summed E-state index contributed by atoms with van der Waals surface area (Å²) in [4.78, 5) is 23.3. The van der Waals surface area contributed by atoms with E-state index >= 15 is 0 Å². The molecule has 1 aromatic rings. The van der Waals surface area contributed by atoms with Gasteiger partial charge in [0.1, 0.15) is 5.53 Å². The Morgan fingerprint density at radius 3 is 2.86 bits per heavy atom. The first-order valence-electron chi connectivity index (χ1n) is 3.51. The average molecular weight is 193 g/mol. The van der Waals surface area contributed by atoms with E-state index in [9.17, 15) is 14.9 Å². The van der Waals surface area contributed by atoms with Crippen LogP contribution in [0.15, 0.2) is 29.4 Å². The summed E-state index contributed by atoms with van der Waals surface area (Å²) in [6, 6.07) is 5.07. The summed E-state index contributed by atoms with van der Waals surface area (Å²) < 4.78 is 0. The summed E-state index contributed by atoms with van der Waals surface area (Å²) in [5.41, 5.74) is 6.16. The van der Waals surface area contributed by atoms with Crippen LogP contribution in [0.25, 0.3) is 0 Å². The predicted octanol–water partition coefficient (Wildman–Crippen LogP) is 1.29. The molecular formula is C7H5N4O3+. The third-order valence-electron chi connectivity index (χ3n) is 1.44. The normalized spacial score (nSPS) is 8.86. The Morgan fingerprint density at radius 1 is 1.57 bits per heavy atom. The van der Waals surface area contributed by atoms with E-state index in [1.807, 2.05) is 0 Å². The zero-order valence-electron chi connectivity index (χ0n) is 6.88. The van der Waals surface area contributed by atoms with E-state index in [4.69, 9.17) is 5.53 Å². The standard InChI is InChI=1S/C7H5N4O3/c8-10-9-7(12)5-2-1-3-6(4-5)11(13)14/h1-4,8H/q+1. The minimum Gasteiger partial charge on any atom is -0.259 e. The lowest BCUT2D eigenvalue weighted by atomic mass is 10.2. The number of nitrogens with zero attached hydrogens (tertiary/aromatic N) is 3. The molecule has 0 aromatic heterocycles. The molecule has 0 saturated heterocycles. The van der Waals surface area contributed by atoms with Crippen LogP contribution in [0, 0.1) is 15.6 Å². The predicted molar refractivity (Wildman–Crippen MR) is 44.7 cm³/mol. The van der Waals surface area contributed by atoms with Crippen molar-refractivity contribution in [3.63, 3.8) is 0 Å². The molecule has 14 heavy (non-hydrogen) atoms. The van der Waals surface area contributed by atoms with E-state index in [1.54, 1.807) is 0 Å². The van der Waals surface area contributed by atoms with Crippen molar-refractivity contribution in [3.8, 4) is 0 Å². The van der Waals surface area contributed by atoms with Crippen molar-refractivity contribution < 1.29 is 9.72 Å². The van der Waals surface area contributed by atoms with Gasteiger partial charge in [0.2, 0.25) is 10.0 Å². The van der Waals surface area contributed by atoms with E-state index in [0.29, 0.717) is 0 Å². The minimum absolute atomic E-state index is 0.0372. The van der Waals surface area contributed by atoms with Gasteiger partial charge in [-0.15, -0.1) is 0 Å². The number of amides is 1. The number of benzene rings is 1. The second-order valence-corrected chi connectivity index (χ2v) is 2.31. The molecule has 0 unspecified atom stereocenters. The zero-order chi connectivity index (χ0) is 10.6. The first-order valence-corrected chi connectivity index (χ1v) is 3.51. The van der Waals surface area contributed by atoms with Gasteiger partial charge in [-0.3, -0.25) is 14.9 Å². The first kappa shape index (κ1) is 9.69. The van der Waals surface area contributed by atoms with Crippen molar-refractivity contribution in [2.75, 3.05) is 0 Å². The van der Waals surface area contributed by atoms with Crippen LogP contribution in [0.2, 0.25) is 0 Å². The maximum absolute atomic E-state index is 11.0. The fraction of sp³-hybridized carbons (Fsp3) is 0. The summed E-state index contributed by atoms with van der Waals surface area (Å²) in [7, 11) is 0. The third-order valence-corrected chi connectivity index (χ3v) is 1.44. The number of nitro groups is 1. The van der Waals surface area contributed by atoms with Crippen molar-refractivity contribution in [3.05, 3.63) is 39.9 Å². The molecule has 0 aliphatic heterocycles. The molecule has 0 radical (unpaired) electrons. The van der Waals surface area contributed by atoms with Gasteiger partial charge in [0.05, 0.1) is 10.5 Å². The van der Waals surface area contributed by atoms with Gasteiger partial charge < -0.3 is 0 Å². The van der Waals surface area contributed by atoms with Gasteiger partial charge in [0.25, 0.3) is 5.69 Å². The second-order valence-electron chi connectivity index (χ2n) is 2.31. The van der Waals surface area contributed by atoms with Gasteiger partial charge in [-0.25, -0.2) is 0 Å². The smallest absolute Gasteiger partial charge is 0.259 e. The van der Waals surface area contributed by atoms with E-state index < -0.39 is 10.8 Å². The molecular weight excluding hydrogens is 188 g/mol. The van der Waals surface area contributed by atoms with Crippen LogP contribution in [-0.2, 0) is 0 Å². The van der Waals surface area contributed by atoms with Crippen LogP contribution in [0.4, 0.5) is 5.69 Å². The topological polar surface area (TPSA) is 111 Å². The lowest BCUT2D eigenvalue weighted by Crippen LogP contribution is -1.96. The lowest BCUT2D eigenvalue weighted by Gasteiger charge is -1.91. The summed E-state index contributed by atoms with van der Waals surface area (Å²) in [6.45, 7) is 0. The van der Waals surface area contributed by atoms with Gasteiger partial charge in [0.15, 0.2) is 0 Å². The molecule has 0 aliphatic carbocycles. The minimum atomic E-state index is -0.774. The maximum atomic E-state index is 11.0. The number of nitrogens with one attached hydrogen (secondary N) is 1. The molecule has 70 valence electrons. The average Bonchev–Trinajstić information content (AvgIpc) is 2.18. The summed E-state index contributed by atoms with van der Waals surface area (Å²) in [6.07, 6.45) is 0. The highest BCUT2D eigenvalue weighted by Crippen LogP contribution is 2.13. The molecule has 1 rings (SSSR count). The summed E-state index contributed by atoms with van der Waals surface area (Å²) >= 11 is 0. The van der Waals surface area contributed by atoms with Crippen molar-refractivity contribution in [1.29, 1.82) is 5.53 Å². The molecule has 0 bridgehead atoms. The largest absolute Gasteiger partial charge is 0.360 e. The van der Waals surface area contributed by atoms with Gasteiger partial charge >= 0.3 is 5.91 Å². The van der Waals surface area contributed by atoms with E-state index in [0.717, 1.165) is 6.07 Å². The number of non-ortho nitro benzene ring substituents is 1. The fourth-order valence-corrected chi connectivity index (χ4v) is 0.856. The van der Waals surface area contributed by atoms with Crippen LogP contribution in [-0.4, -0.2) is 10.8 Å². The second kappa shape index (κ2) is 4.01. The monoisotopic (exact) mass is 193 g/mol. The molecule has 0 saturated carbocycles.